The number of aryl methyl sites for hydroxylation is 4. The molecule has 0 heterocycles. The zero-order valence-electron chi connectivity index (χ0n) is 39.0. The van der Waals surface area contributed by atoms with Gasteiger partial charge in [0, 0.05) is 46.0 Å². The van der Waals surface area contributed by atoms with Gasteiger partial charge in [0.2, 0.25) is 0 Å². The highest BCUT2D eigenvalue weighted by Crippen LogP contribution is 2.58. The Balaban J connectivity index is 1.13. The highest BCUT2D eigenvalue weighted by atomic mass is 15.1. The number of hydrogen-bond acceptors (Lipinski definition) is 3. The molecule has 320 valence electrons. The van der Waals surface area contributed by atoms with Gasteiger partial charge in [0.25, 0.3) is 0 Å². The average Bonchev–Trinajstić information content (AvgIpc) is 3.81. The molecule has 0 bridgehead atoms. The monoisotopic (exact) mass is 852 g/mol. The van der Waals surface area contributed by atoms with E-state index >= 15 is 0 Å². The molecule has 0 spiro atoms. The molecule has 0 fully saturated rings. The predicted molar refractivity (Wildman–Crippen MR) is 273 cm³/mol. The van der Waals surface area contributed by atoms with E-state index in [1.165, 1.54) is 38.9 Å². The molecule has 0 aliphatic heterocycles. The van der Waals surface area contributed by atoms with Crippen LogP contribution in [-0.4, -0.2) is 0 Å². The van der Waals surface area contributed by atoms with Gasteiger partial charge < -0.3 is 9.80 Å². The number of hydrogen-bond donors (Lipinski definition) is 0. The van der Waals surface area contributed by atoms with Crippen LogP contribution < -0.4 is 20.2 Å². The summed E-state index contributed by atoms with van der Waals surface area (Å²) < 4.78 is 0. The summed E-state index contributed by atoms with van der Waals surface area (Å²) in [5.74, 6) is 0.752. The first-order chi connectivity index (χ1) is 31.9. The number of anilines is 6. The summed E-state index contributed by atoms with van der Waals surface area (Å²) in [4.78, 5) is 8.99. The summed E-state index contributed by atoms with van der Waals surface area (Å²) in [6, 6.07) is 52.1. The van der Waals surface area contributed by atoms with Crippen molar-refractivity contribution in [1.82, 2.24) is 0 Å². The maximum atomic E-state index is 11.0. The third kappa shape index (κ3) is 6.39. The van der Waals surface area contributed by atoms with Gasteiger partial charge in [-0.15, -0.1) is 0 Å². The lowest BCUT2D eigenvalue weighted by molar-refractivity contribution is 0.717. The quantitative estimate of drug-likeness (QED) is 0.143. The van der Waals surface area contributed by atoms with Gasteiger partial charge in [0.1, 0.15) is 0 Å². The van der Waals surface area contributed by atoms with Crippen LogP contribution in [0, 0.1) is 51.5 Å². The summed E-state index contributed by atoms with van der Waals surface area (Å²) >= 11 is 0. The van der Waals surface area contributed by atoms with Crippen LogP contribution in [0.4, 0.5) is 39.8 Å². The summed E-state index contributed by atoms with van der Waals surface area (Å²) in [5, 5.41) is 13.1. The van der Waals surface area contributed by atoms with Crippen LogP contribution in [0.1, 0.15) is 95.5 Å². The van der Waals surface area contributed by atoms with E-state index in [-0.39, 0.29) is 11.8 Å². The SMILES string of the molecule is [C-]#[N+]c1ccc2c3c1=C1c4ccc(N(c5ccc(C(C)C)cc5)c5cc(C)cc(C)c5)cc4C4C=CC(C#N)=C(C=3c3ccc(N(c5ccc(C(C)C)cc5)c5cc(C)cc(C)c5)cc3-2)C14. The molecule has 0 N–H and O–H groups in total. The zero-order chi connectivity index (χ0) is 45.7. The van der Waals surface area contributed by atoms with Crippen molar-refractivity contribution in [1.29, 1.82) is 5.26 Å². The van der Waals surface area contributed by atoms with Gasteiger partial charge in [-0.2, -0.15) is 5.26 Å². The first kappa shape index (κ1) is 41.1. The average molecular weight is 853 g/mol. The molecule has 2 unspecified atom stereocenters. The lowest BCUT2D eigenvalue weighted by Gasteiger charge is -2.31. The zero-order valence-corrected chi connectivity index (χ0v) is 39.0. The van der Waals surface area contributed by atoms with Crippen molar-refractivity contribution in [3.05, 3.63) is 229 Å². The fourth-order valence-electron chi connectivity index (χ4n) is 11.4. The van der Waals surface area contributed by atoms with Crippen LogP contribution in [0.2, 0.25) is 0 Å². The van der Waals surface area contributed by atoms with Crippen LogP contribution in [0.5, 0.6) is 0 Å². The van der Waals surface area contributed by atoms with E-state index < -0.39 is 0 Å². The fraction of sp³-hybridized carbons (Fsp3) is 0.194. The number of rotatable bonds is 8. The molecular formula is C62H52N4. The number of allylic oxidation sites excluding steroid dienone is 4. The maximum Gasteiger partial charge on any atom is 0.195 e. The van der Waals surface area contributed by atoms with Crippen LogP contribution in [0.3, 0.4) is 0 Å². The van der Waals surface area contributed by atoms with E-state index in [0.717, 1.165) is 83.5 Å². The number of nitrogens with zero attached hydrogens (tertiary/aromatic N) is 4. The first-order valence-corrected chi connectivity index (χ1v) is 23.3. The Morgan fingerprint density at radius 2 is 1.02 bits per heavy atom. The fourth-order valence-corrected chi connectivity index (χ4v) is 11.4. The summed E-state index contributed by atoms with van der Waals surface area (Å²) in [6.45, 7) is 26.2. The van der Waals surface area contributed by atoms with Crippen molar-refractivity contribution in [3.8, 4) is 17.2 Å². The van der Waals surface area contributed by atoms with Gasteiger partial charge in [-0.05, 0) is 207 Å². The topological polar surface area (TPSA) is 34.6 Å². The van der Waals surface area contributed by atoms with E-state index in [4.69, 9.17) is 6.57 Å². The predicted octanol–water partition coefficient (Wildman–Crippen LogP) is 15.2. The van der Waals surface area contributed by atoms with Crippen molar-refractivity contribution >= 4 is 51.0 Å². The van der Waals surface area contributed by atoms with Crippen molar-refractivity contribution < 1.29 is 0 Å². The molecule has 4 aliphatic carbocycles. The minimum atomic E-state index is -0.106. The van der Waals surface area contributed by atoms with Crippen molar-refractivity contribution in [2.75, 3.05) is 9.80 Å². The molecule has 4 heteroatoms. The highest BCUT2D eigenvalue weighted by molar-refractivity contribution is 6.04. The van der Waals surface area contributed by atoms with E-state index in [0.29, 0.717) is 23.1 Å². The third-order valence-electron chi connectivity index (χ3n) is 14.3. The van der Waals surface area contributed by atoms with Gasteiger partial charge in [0.15, 0.2) is 5.69 Å². The van der Waals surface area contributed by atoms with Crippen molar-refractivity contribution in [2.24, 2.45) is 5.92 Å². The van der Waals surface area contributed by atoms with Crippen LogP contribution in [-0.2, 0) is 0 Å². The molecular weight excluding hydrogens is 801 g/mol. The smallest absolute Gasteiger partial charge is 0.195 e. The molecule has 0 amide bonds. The largest absolute Gasteiger partial charge is 0.310 e. The Morgan fingerprint density at radius 1 is 0.515 bits per heavy atom. The van der Waals surface area contributed by atoms with Gasteiger partial charge in [-0.25, -0.2) is 4.85 Å². The molecule has 4 nitrogen and oxygen atoms in total. The molecule has 66 heavy (non-hydrogen) atoms. The van der Waals surface area contributed by atoms with Crippen LogP contribution in [0.25, 0.3) is 27.1 Å². The molecule has 0 aromatic heterocycles. The van der Waals surface area contributed by atoms with E-state index in [1.54, 1.807) is 0 Å². The van der Waals surface area contributed by atoms with Gasteiger partial charge in [0.05, 0.1) is 18.2 Å². The number of benzene rings is 7. The van der Waals surface area contributed by atoms with Crippen LogP contribution >= 0.6 is 0 Å². The minimum absolute atomic E-state index is 0.00784. The Hall–Kier alpha value is -7.66. The molecule has 0 saturated heterocycles. The number of nitriles is 1. The third-order valence-corrected chi connectivity index (χ3v) is 14.3. The van der Waals surface area contributed by atoms with Gasteiger partial charge in [-0.1, -0.05) is 94.4 Å². The molecule has 11 rings (SSSR count). The summed E-state index contributed by atoms with van der Waals surface area (Å²) in [7, 11) is 0. The van der Waals surface area contributed by atoms with Gasteiger partial charge >= 0.3 is 0 Å². The molecule has 7 aromatic carbocycles. The van der Waals surface area contributed by atoms with Crippen LogP contribution in [0.15, 0.2) is 157 Å². The Kier molecular flexibility index (Phi) is 9.65. The van der Waals surface area contributed by atoms with Crippen molar-refractivity contribution in [2.45, 2.75) is 73.1 Å². The molecule has 2 atom stereocenters. The Labute approximate surface area is 389 Å². The summed E-state index contributed by atoms with van der Waals surface area (Å²) in [5.41, 5.74) is 24.5. The molecule has 7 aromatic rings. The number of fused-ring (bicyclic) bond motifs is 7. The second-order valence-corrected chi connectivity index (χ2v) is 19.4. The minimum Gasteiger partial charge on any atom is -0.310 e. The molecule has 4 aliphatic rings. The Bertz CT molecular complexity index is 3450. The standard InChI is InChI=1S/C62H52N4/c1-35(2)41-10-15-44(16-11-41)65(48-28-37(5)26-38(6)29-48)46-19-22-51-55(33-46)53-24-25-56(64-9)62-60-52-23-20-47(32-54(52)50-21-14-43(34-63)57(58(50)60)59(51)61(53)62)66(49-30-39(7)27-40(8)31-49)45-17-12-42(13-18-45)36(3)4/h10-33,35-36,50,58H,1-8H3. The normalized spacial score (nSPS) is 15.9. The van der Waals surface area contributed by atoms with E-state index in [2.05, 4.69) is 216 Å². The maximum absolute atomic E-state index is 11.0. The molecule has 0 saturated carbocycles. The Morgan fingerprint density at radius 3 is 1.53 bits per heavy atom. The second kappa shape index (κ2) is 15.5. The highest BCUT2D eigenvalue weighted by Gasteiger charge is 2.46. The molecule has 0 radical (unpaired) electrons. The first-order valence-electron chi connectivity index (χ1n) is 23.3. The summed E-state index contributed by atoms with van der Waals surface area (Å²) in [6.07, 6.45) is 4.31. The van der Waals surface area contributed by atoms with E-state index in [1.807, 2.05) is 6.07 Å². The second-order valence-electron chi connectivity index (χ2n) is 19.4. The lowest BCUT2D eigenvalue weighted by atomic mass is 9.71. The van der Waals surface area contributed by atoms with E-state index in [9.17, 15) is 5.26 Å². The van der Waals surface area contributed by atoms with Crippen molar-refractivity contribution in [3.63, 3.8) is 0 Å². The van der Waals surface area contributed by atoms with Gasteiger partial charge in [-0.3, -0.25) is 0 Å². The lowest BCUT2D eigenvalue weighted by Crippen LogP contribution is -2.37.